The zero-order valence-corrected chi connectivity index (χ0v) is 11.1. The predicted octanol–water partition coefficient (Wildman–Crippen LogP) is 3.76. The van der Waals surface area contributed by atoms with Crippen molar-refractivity contribution in [2.45, 2.75) is 58.0 Å². The van der Waals surface area contributed by atoms with Gasteiger partial charge in [-0.15, -0.1) is 11.3 Å². The largest absolute Gasteiger partial charge is 0.305 e. The number of aromatic nitrogens is 1. The molecule has 1 aliphatic carbocycles. The van der Waals surface area contributed by atoms with Crippen molar-refractivity contribution in [3.63, 3.8) is 0 Å². The minimum Gasteiger partial charge on any atom is -0.305 e. The second-order valence-corrected chi connectivity index (χ2v) is 5.82. The summed E-state index contributed by atoms with van der Waals surface area (Å²) in [6.45, 7) is 4.56. The fraction of sp³-hybridized carbons (Fsp3) is 0.769. The van der Waals surface area contributed by atoms with E-state index in [-0.39, 0.29) is 0 Å². The van der Waals surface area contributed by atoms with Gasteiger partial charge >= 0.3 is 0 Å². The Morgan fingerprint density at radius 1 is 1.56 bits per heavy atom. The molecule has 2 rings (SSSR count). The van der Waals surface area contributed by atoms with E-state index >= 15 is 0 Å². The maximum atomic E-state index is 4.47. The maximum absolute atomic E-state index is 4.47. The van der Waals surface area contributed by atoms with E-state index < -0.39 is 0 Å². The molecule has 0 amide bonds. The summed E-state index contributed by atoms with van der Waals surface area (Å²) < 4.78 is 0. The molecule has 16 heavy (non-hydrogen) atoms. The molecule has 1 aliphatic rings. The van der Waals surface area contributed by atoms with Gasteiger partial charge in [0.05, 0.1) is 6.04 Å². The van der Waals surface area contributed by atoms with Crippen molar-refractivity contribution < 1.29 is 0 Å². The standard InChI is InChI=1S/C13H22N2S/c1-3-4-5-10(2)15-12(11-6-7-11)13-14-8-9-16-13/h8-12,15H,3-7H2,1-2H3. The minimum absolute atomic E-state index is 0.520. The molecule has 90 valence electrons. The molecule has 1 aromatic heterocycles. The van der Waals surface area contributed by atoms with E-state index in [0.29, 0.717) is 12.1 Å². The Labute approximate surface area is 102 Å². The number of rotatable bonds is 7. The van der Waals surface area contributed by atoms with Gasteiger partial charge in [0.2, 0.25) is 0 Å². The summed E-state index contributed by atoms with van der Waals surface area (Å²) in [5.41, 5.74) is 0. The zero-order chi connectivity index (χ0) is 11.4. The number of thiazole rings is 1. The summed E-state index contributed by atoms with van der Waals surface area (Å²) >= 11 is 1.79. The summed E-state index contributed by atoms with van der Waals surface area (Å²) in [5.74, 6) is 0.843. The molecule has 1 aromatic rings. The Kier molecular flexibility index (Phi) is 4.36. The van der Waals surface area contributed by atoms with Crippen LogP contribution in [0.3, 0.4) is 0 Å². The molecule has 0 aliphatic heterocycles. The summed E-state index contributed by atoms with van der Waals surface area (Å²) in [4.78, 5) is 4.47. The van der Waals surface area contributed by atoms with E-state index in [1.807, 2.05) is 6.20 Å². The van der Waals surface area contributed by atoms with Gasteiger partial charge in [0, 0.05) is 17.6 Å². The molecule has 1 N–H and O–H groups in total. The van der Waals surface area contributed by atoms with Crippen molar-refractivity contribution >= 4 is 11.3 Å². The van der Waals surface area contributed by atoms with Crippen LogP contribution in [0.2, 0.25) is 0 Å². The highest BCUT2D eigenvalue weighted by atomic mass is 32.1. The van der Waals surface area contributed by atoms with Gasteiger partial charge in [-0.05, 0) is 32.1 Å². The van der Waals surface area contributed by atoms with Crippen LogP contribution < -0.4 is 5.32 Å². The summed E-state index contributed by atoms with van der Waals surface area (Å²) in [5, 5.41) is 7.13. The van der Waals surface area contributed by atoms with Crippen molar-refractivity contribution in [1.29, 1.82) is 0 Å². The molecule has 3 heteroatoms. The highest BCUT2D eigenvalue weighted by Gasteiger charge is 2.34. The molecule has 0 radical (unpaired) electrons. The topological polar surface area (TPSA) is 24.9 Å². The minimum atomic E-state index is 0.520. The predicted molar refractivity (Wildman–Crippen MR) is 69.7 cm³/mol. The van der Waals surface area contributed by atoms with E-state index in [0.717, 1.165) is 5.92 Å². The average Bonchev–Trinajstić information content (AvgIpc) is 2.98. The fourth-order valence-electron chi connectivity index (χ4n) is 2.13. The third-order valence-corrected chi connectivity index (χ3v) is 4.12. The first-order valence-corrected chi connectivity index (χ1v) is 7.34. The Morgan fingerprint density at radius 2 is 2.38 bits per heavy atom. The third kappa shape index (κ3) is 3.29. The van der Waals surface area contributed by atoms with Crippen LogP contribution in [0.1, 0.15) is 57.0 Å². The van der Waals surface area contributed by atoms with E-state index in [1.54, 1.807) is 11.3 Å². The number of unbranched alkanes of at least 4 members (excludes halogenated alkanes) is 1. The molecule has 0 saturated heterocycles. The number of hydrogen-bond acceptors (Lipinski definition) is 3. The lowest BCUT2D eigenvalue weighted by Crippen LogP contribution is -2.31. The average molecular weight is 238 g/mol. The molecule has 1 heterocycles. The first-order valence-electron chi connectivity index (χ1n) is 6.46. The van der Waals surface area contributed by atoms with Gasteiger partial charge in [-0.1, -0.05) is 19.8 Å². The second kappa shape index (κ2) is 5.78. The highest BCUT2D eigenvalue weighted by Crippen LogP contribution is 2.41. The first-order chi connectivity index (χ1) is 7.81. The Bertz CT molecular complexity index is 293. The molecule has 0 aromatic carbocycles. The van der Waals surface area contributed by atoms with E-state index in [9.17, 15) is 0 Å². The molecule has 0 spiro atoms. The monoisotopic (exact) mass is 238 g/mol. The van der Waals surface area contributed by atoms with Gasteiger partial charge in [0.25, 0.3) is 0 Å². The molecule has 1 fully saturated rings. The van der Waals surface area contributed by atoms with Gasteiger partial charge in [-0.25, -0.2) is 4.98 Å². The molecule has 2 nitrogen and oxygen atoms in total. The van der Waals surface area contributed by atoms with Crippen LogP contribution in [0, 0.1) is 5.92 Å². The summed E-state index contributed by atoms with van der Waals surface area (Å²) in [6.07, 6.45) is 8.56. The summed E-state index contributed by atoms with van der Waals surface area (Å²) in [7, 11) is 0. The zero-order valence-electron chi connectivity index (χ0n) is 10.3. The van der Waals surface area contributed by atoms with Crippen molar-refractivity contribution in [3.05, 3.63) is 16.6 Å². The first kappa shape index (κ1) is 12.1. The lowest BCUT2D eigenvalue weighted by molar-refractivity contribution is 0.396. The Hall–Kier alpha value is -0.410. The maximum Gasteiger partial charge on any atom is 0.110 e. The van der Waals surface area contributed by atoms with Crippen molar-refractivity contribution in [1.82, 2.24) is 10.3 Å². The number of hydrogen-bond donors (Lipinski definition) is 1. The van der Waals surface area contributed by atoms with Crippen LogP contribution in [0.5, 0.6) is 0 Å². The molecule has 0 bridgehead atoms. The van der Waals surface area contributed by atoms with E-state index in [1.165, 1.54) is 37.1 Å². The van der Waals surface area contributed by atoms with Crippen LogP contribution >= 0.6 is 11.3 Å². The second-order valence-electron chi connectivity index (χ2n) is 4.90. The normalized spacial score (nSPS) is 19.6. The van der Waals surface area contributed by atoms with Crippen LogP contribution in [-0.4, -0.2) is 11.0 Å². The SMILES string of the molecule is CCCCC(C)NC(c1nccs1)C1CC1. The van der Waals surface area contributed by atoms with Crippen LogP contribution in [0.4, 0.5) is 0 Å². The number of nitrogens with one attached hydrogen (secondary N) is 1. The quantitative estimate of drug-likeness (QED) is 0.782. The Morgan fingerprint density at radius 3 is 2.94 bits per heavy atom. The molecule has 2 atom stereocenters. The van der Waals surface area contributed by atoms with Gasteiger partial charge in [-0.2, -0.15) is 0 Å². The van der Waals surface area contributed by atoms with E-state index in [2.05, 4.69) is 29.5 Å². The van der Waals surface area contributed by atoms with Crippen LogP contribution in [0.15, 0.2) is 11.6 Å². The molecular weight excluding hydrogens is 216 g/mol. The van der Waals surface area contributed by atoms with Crippen LogP contribution in [0.25, 0.3) is 0 Å². The fourth-order valence-corrected chi connectivity index (χ4v) is 2.92. The highest BCUT2D eigenvalue weighted by molar-refractivity contribution is 7.09. The van der Waals surface area contributed by atoms with Crippen molar-refractivity contribution in [2.24, 2.45) is 5.92 Å². The van der Waals surface area contributed by atoms with Gasteiger partial charge < -0.3 is 5.32 Å². The van der Waals surface area contributed by atoms with Crippen molar-refractivity contribution in [2.75, 3.05) is 0 Å². The lowest BCUT2D eigenvalue weighted by Gasteiger charge is -2.21. The molecular formula is C13H22N2S. The smallest absolute Gasteiger partial charge is 0.110 e. The van der Waals surface area contributed by atoms with Crippen LogP contribution in [-0.2, 0) is 0 Å². The lowest BCUT2D eigenvalue weighted by atomic mass is 10.1. The van der Waals surface area contributed by atoms with Gasteiger partial charge in [0.1, 0.15) is 5.01 Å². The molecule has 1 saturated carbocycles. The van der Waals surface area contributed by atoms with Gasteiger partial charge in [-0.3, -0.25) is 0 Å². The third-order valence-electron chi connectivity index (χ3n) is 3.27. The molecule has 2 unspecified atom stereocenters. The van der Waals surface area contributed by atoms with Gasteiger partial charge in [0.15, 0.2) is 0 Å². The summed E-state index contributed by atoms with van der Waals surface area (Å²) in [6, 6.07) is 1.14. The number of nitrogens with zero attached hydrogens (tertiary/aromatic N) is 1. The van der Waals surface area contributed by atoms with E-state index in [4.69, 9.17) is 0 Å². The van der Waals surface area contributed by atoms with Crippen molar-refractivity contribution in [3.8, 4) is 0 Å². The Balaban J connectivity index is 1.88.